The highest BCUT2D eigenvalue weighted by Gasteiger charge is 2.24. The van der Waals surface area contributed by atoms with Gasteiger partial charge in [-0.1, -0.05) is 12.8 Å². The van der Waals surface area contributed by atoms with Gasteiger partial charge in [-0.15, -0.1) is 0 Å². The van der Waals surface area contributed by atoms with Gasteiger partial charge < -0.3 is 10.0 Å². The van der Waals surface area contributed by atoms with Crippen LogP contribution >= 0.6 is 0 Å². The Kier molecular flexibility index (Phi) is 5.45. The number of aliphatic carboxylic acids is 1. The van der Waals surface area contributed by atoms with Gasteiger partial charge in [0.2, 0.25) is 0 Å². The Bertz CT molecular complexity index is 265. The van der Waals surface area contributed by atoms with Crippen molar-refractivity contribution >= 4 is 5.97 Å². The van der Waals surface area contributed by atoms with Gasteiger partial charge >= 0.3 is 5.97 Å². The summed E-state index contributed by atoms with van der Waals surface area (Å²) in [5.41, 5.74) is 0. The predicted molar refractivity (Wildman–Crippen MR) is 71.8 cm³/mol. The van der Waals surface area contributed by atoms with E-state index in [1.165, 1.54) is 45.2 Å². The zero-order chi connectivity index (χ0) is 12.8. The van der Waals surface area contributed by atoms with Gasteiger partial charge in [0.05, 0.1) is 6.42 Å². The zero-order valence-electron chi connectivity index (χ0n) is 11.3. The first-order chi connectivity index (χ1) is 8.75. The lowest BCUT2D eigenvalue weighted by atomic mass is 9.99. The number of carboxylic acid groups (broad SMARTS) is 1. The average Bonchev–Trinajstić information content (AvgIpc) is 2.38. The maximum atomic E-state index is 10.9. The van der Waals surface area contributed by atoms with Crippen LogP contribution in [0.2, 0.25) is 0 Å². The summed E-state index contributed by atoms with van der Waals surface area (Å²) in [6.07, 6.45) is 7.85. The molecule has 18 heavy (non-hydrogen) atoms. The van der Waals surface area contributed by atoms with Crippen LogP contribution in [0.5, 0.6) is 0 Å². The molecule has 0 aliphatic carbocycles. The summed E-state index contributed by atoms with van der Waals surface area (Å²) in [5, 5.41) is 8.96. The fraction of sp³-hybridized carbons (Fsp3) is 0.929. The van der Waals surface area contributed by atoms with E-state index in [-0.39, 0.29) is 6.04 Å². The van der Waals surface area contributed by atoms with Crippen molar-refractivity contribution in [2.75, 3.05) is 32.7 Å². The molecule has 0 bridgehead atoms. The van der Waals surface area contributed by atoms with Gasteiger partial charge in [0.25, 0.3) is 0 Å². The molecule has 0 saturated carbocycles. The Morgan fingerprint density at radius 3 is 2.44 bits per heavy atom. The minimum absolute atomic E-state index is 0.279. The maximum Gasteiger partial charge on any atom is 0.304 e. The van der Waals surface area contributed by atoms with Crippen LogP contribution in [0.3, 0.4) is 0 Å². The SMILES string of the molecule is O=C(O)CC1CCCCN1CCN1CCCCC1. The Balaban J connectivity index is 1.75. The molecule has 1 N–H and O–H groups in total. The summed E-state index contributed by atoms with van der Waals surface area (Å²) in [6, 6.07) is 0.279. The maximum absolute atomic E-state index is 10.9. The second-order valence-corrected chi connectivity index (χ2v) is 5.69. The molecule has 2 rings (SSSR count). The quantitative estimate of drug-likeness (QED) is 0.812. The minimum Gasteiger partial charge on any atom is -0.481 e. The van der Waals surface area contributed by atoms with E-state index in [1.807, 2.05) is 0 Å². The smallest absolute Gasteiger partial charge is 0.304 e. The third kappa shape index (κ3) is 4.25. The van der Waals surface area contributed by atoms with Crippen molar-refractivity contribution in [3.05, 3.63) is 0 Å². The molecule has 0 aromatic carbocycles. The van der Waals surface area contributed by atoms with E-state index in [9.17, 15) is 4.79 Å². The average molecular weight is 254 g/mol. The third-order valence-electron chi connectivity index (χ3n) is 4.31. The van der Waals surface area contributed by atoms with Crippen LogP contribution in [-0.4, -0.2) is 59.6 Å². The topological polar surface area (TPSA) is 43.8 Å². The van der Waals surface area contributed by atoms with E-state index in [0.717, 1.165) is 26.1 Å². The molecular weight excluding hydrogens is 228 g/mol. The lowest BCUT2D eigenvalue weighted by molar-refractivity contribution is -0.138. The summed E-state index contributed by atoms with van der Waals surface area (Å²) < 4.78 is 0. The number of carboxylic acids is 1. The zero-order valence-corrected chi connectivity index (χ0v) is 11.3. The normalized spacial score (nSPS) is 27.2. The highest BCUT2D eigenvalue weighted by Crippen LogP contribution is 2.19. The summed E-state index contributed by atoms with van der Waals surface area (Å²) in [6.45, 7) is 5.73. The van der Waals surface area contributed by atoms with Gasteiger partial charge in [0.15, 0.2) is 0 Å². The van der Waals surface area contributed by atoms with Gasteiger partial charge in [-0.2, -0.15) is 0 Å². The van der Waals surface area contributed by atoms with Gasteiger partial charge in [-0.05, 0) is 45.3 Å². The predicted octanol–water partition coefficient (Wildman–Crippen LogP) is 1.80. The van der Waals surface area contributed by atoms with Gasteiger partial charge in [-0.25, -0.2) is 0 Å². The highest BCUT2D eigenvalue weighted by atomic mass is 16.4. The van der Waals surface area contributed by atoms with Crippen LogP contribution in [0.25, 0.3) is 0 Å². The monoisotopic (exact) mass is 254 g/mol. The molecule has 0 amide bonds. The molecule has 2 heterocycles. The molecule has 2 aliphatic heterocycles. The van der Waals surface area contributed by atoms with E-state index < -0.39 is 5.97 Å². The van der Waals surface area contributed by atoms with Crippen LogP contribution in [0.4, 0.5) is 0 Å². The first kappa shape index (κ1) is 13.8. The van der Waals surface area contributed by atoms with Crippen LogP contribution in [-0.2, 0) is 4.79 Å². The summed E-state index contributed by atoms with van der Waals surface area (Å²) >= 11 is 0. The van der Waals surface area contributed by atoms with Crippen molar-refractivity contribution in [3.8, 4) is 0 Å². The second-order valence-electron chi connectivity index (χ2n) is 5.69. The Hall–Kier alpha value is -0.610. The Morgan fingerprint density at radius 1 is 1.00 bits per heavy atom. The lowest BCUT2D eigenvalue weighted by Crippen LogP contribution is -2.45. The molecule has 1 atom stereocenters. The van der Waals surface area contributed by atoms with Crippen LogP contribution in [0, 0.1) is 0 Å². The Labute approximate surface area is 110 Å². The van der Waals surface area contributed by atoms with Gasteiger partial charge in [0.1, 0.15) is 0 Å². The van der Waals surface area contributed by atoms with E-state index in [1.54, 1.807) is 0 Å². The fourth-order valence-corrected chi connectivity index (χ4v) is 3.24. The number of nitrogens with zero attached hydrogens (tertiary/aromatic N) is 2. The summed E-state index contributed by atoms with van der Waals surface area (Å²) in [7, 11) is 0. The van der Waals surface area contributed by atoms with Crippen LogP contribution in [0.1, 0.15) is 44.9 Å². The first-order valence-electron chi connectivity index (χ1n) is 7.44. The molecule has 4 heteroatoms. The molecule has 2 fully saturated rings. The van der Waals surface area contributed by atoms with E-state index in [4.69, 9.17) is 5.11 Å². The third-order valence-corrected chi connectivity index (χ3v) is 4.31. The largest absolute Gasteiger partial charge is 0.481 e. The molecule has 2 saturated heterocycles. The fourth-order valence-electron chi connectivity index (χ4n) is 3.24. The number of hydrogen-bond acceptors (Lipinski definition) is 3. The number of rotatable bonds is 5. The minimum atomic E-state index is -0.648. The van der Waals surface area contributed by atoms with E-state index >= 15 is 0 Å². The summed E-state index contributed by atoms with van der Waals surface area (Å²) in [5.74, 6) is -0.648. The Morgan fingerprint density at radius 2 is 1.72 bits per heavy atom. The molecule has 1 unspecified atom stereocenters. The standard InChI is InChI=1S/C14H26N2O2/c17-14(18)12-13-6-2-5-9-16(13)11-10-15-7-3-1-4-8-15/h13H,1-12H2,(H,17,18). The molecule has 0 radical (unpaired) electrons. The summed E-state index contributed by atoms with van der Waals surface area (Å²) in [4.78, 5) is 15.8. The molecule has 104 valence electrons. The van der Waals surface area contributed by atoms with Crippen molar-refractivity contribution in [1.82, 2.24) is 9.80 Å². The lowest BCUT2D eigenvalue weighted by Gasteiger charge is -2.37. The van der Waals surface area contributed by atoms with Gasteiger partial charge in [0, 0.05) is 19.1 Å². The van der Waals surface area contributed by atoms with Crippen LogP contribution < -0.4 is 0 Å². The molecule has 2 aliphatic rings. The molecule has 4 nitrogen and oxygen atoms in total. The first-order valence-corrected chi connectivity index (χ1v) is 7.44. The molecule has 0 spiro atoms. The van der Waals surface area contributed by atoms with Crippen molar-refractivity contribution in [2.45, 2.75) is 51.0 Å². The number of carbonyl (C=O) groups is 1. The molecule has 0 aromatic rings. The molecule has 0 aromatic heterocycles. The van der Waals surface area contributed by atoms with E-state index in [0.29, 0.717) is 6.42 Å². The number of hydrogen-bond donors (Lipinski definition) is 1. The van der Waals surface area contributed by atoms with E-state index in [2.05, 4.69) is 9.80 Å². The van der Waals surface area contributed by atoms with Gasteiger partial charge in [-0.3, -0.25) is 9.69 Å². The van der Waals surface area contributed by atoms with Crippen molar-refractivity contribution in [3.63, 3.8) is 0 Å². The molecular formula is C14H26N2O2. The second kappa shape index (κ2) is 7.10. The highest BCUT2D eigenvalue weighted by molar-refractivity contribution is 5.67. The number of likely N-dealkylation sites (tertiary alicyclic amines) is 2. The van der Waals surface area contributed by atoms with Crippen LogP contribution in [0.15, 0.2) is 0 Å². The van der Waals surface area contributed by atoms with Crippen molar-refractivity contribution in [2.24, 2.45) is 0 Å². The van der Waals surface area contributed by atoms with Crippen molar-refractivity contribution in [1.29, 1.82) is 0 Å². The van der Waals surface area contributed by atoms with Crippen molar-refractivity contribution < 1.29 is 9.90 Å². The number of piperidine rings is 2.